The van der Waals surface area contributed by atoms with Crippen LogP contribution in [0.15, 0.2) is 24.3 Å². The van der Waals surface area contributed by atoms with E-state index in [0.29, 0.717) is 17.6 Å². The number of nitrogens with two attached hydrogens (primary N) is 1. The van der Waals surface area contributed by atoms with Crippen LogP contribution in [-0.4, -0.2) is 9.97 Å². The zero-order valence-corrected chi connectivity index (χ0v) is 11.9. The minimum absolute atomic E-state index is 0.331. The van der Waals surface area contributed by atoms with Crippen molar-refractivity contribution in [3.05, 3.63) is 41.1 Å². The molecule has 0 bridgehead atoms. The van der Waals surface area contributed by atoms with Crippen molar-refractivity contribution in [2.24, 2.45) is 5.84 Å². The van der Waals surface area contributed by atoms with Crippen LogP contribution in [0.3, 0.4) is 0 Å². The van der Waals surface area contributed by atoms with Gasteiger partial charge in [-0.05, 0) is 25.3 Å². The third kappa shape index (κ3) is 2.58. The van der Waals surface area contributed by atoms with Gasteiger partial charge in [-0.25, -0.2) is 15.8 Å². The van der Waals surface area contributed by atoms with Crippen LogP contribution in [0.25, 0.3) is 11.4 Å². The number of hydrazine groups is 1. The Morgan fingerprint density at radius 1 is 1.11 bits per heavy atom. The van der Waals surface area contributed by atoms with Gasteiger partial charge in [0.1, 0.15) is 5.82 Å². The Morgan fingerprint density at radius 3 is 2.37 bits per heavy atom. The zero-order valence-electron chi connectivity index (χ0n) is 11.9. The maximum Gasteiger partial charge on any atom is 0.162 e. The summed E-state index contributed by atoms with van der Waals surface area (Å²) in [5.41, 5.74) is 6.93. The molecule has 0 aliphatic carbocycles. The summed E-state index contributed by atoms with van der Waals surface area (Å²) < 4.78 is 0. The van der Waals surface area contributed by atoms with Gasteiger partial charge in [0, 0.05) is 16.8 Å². The molecule has 0 saturated heterocycles. The molecule has 0 saturated carbocycles. The van der Waals surface area contributed by atoms with E-state index in [0.717, 1.165) is 22.4 Å². The van der Waals surface area contributed by atoms with Gasteiger partial charge in [0.25, 0.3) is 0 Å². The lowest BCUT2D eigenvalue weighted by Gasteiger charge is -2.16. The summed E-state index contributed by atoms with van der Waals surface area (Å²) in [6.07, 6.45) is 0. The SMILES string of the molecule is Cc1ccccc1-c1nc(C)c(C(C)C)c(NN)n1. The second-order valence-corrected chi connectivity index (χ2v) is 5.01. The Bertz CT molecular complexity index is 591. The van der Waals surface area contributed by atoms with Gasteiger partial charge in [0.15, 0.2) is 5.82 Å². The maximum atomic E-state index is 5.60. The Kier molecular flexibility index (Phi) is 3.81. The molecular weight excluding hydrogens is 236 g/mol. The van der Waals surface area contributed by atoms with E-state index in [1.165, 1.54) is 0 Å². The number of rotatable bonds is 3. The van der Waals surface area contributed by atoms with E-state index in [1.807, 2.05) is 25.1 Å². The molecule has 0 amide bonds. The average molecular weight is 256 g/mol. The first-order chi connectivity index (χ1) is 9.04. The molecule has 100 valence electrons. The molecule has 1 aromatic carbocycles. The summed E-state index contributed by atoms with van der Waals surface area (Å²) in [6.45, 7) is 8.28. The molecular formula is C15H20N4. The van der Waals surface area contributed by atoms with Crippen LogP contribution in [0, 0.1) is 13.8 Å². The summed E-state index contributed by atoms with van der Waals surface area (Å²) in [5.74, 6) is 7.36. The van der Waals surface area contributed by atoms with Crippen LogP contribution in [-0.2, 0) is 0 Å². The molecule has 0 unspecified atom stereocenters. The molecule has 3 N–H and O–H groups in total. The number of aromatic nitrogens is 2. The van der Waals surface area contributed by atoms with Crippen molar-refractivity contribution in [3.63, 3.8) is 0 Å². The highest BCUT2D eigenvalue weighted by Crippen LogP contribution is 2.28. The summed E-state index contributed by atoms with van der Waals surface area (Å²) >= 11 is 0. The molecule has 0 atom stereocenters. The average Bonchev–Trinajstić information content (AvgIpc) is 2.37. The maximum absolute atomic E-state index is 5.60. The van der Waals surface area contributed by atoms with Gasteiger partial charge in [-0.1, -0.05) is 38.1 Å². The highest BCUT2D eigenvalue weighted by molar-refractivity contribution is 5.63. The van der Waals surface area contributed by atoms with Gasteiger partial charge in [0.05, 0.1) is 0 Å². The zero-order chi connectivity index (χ0) is 14.0. The fourth-order valence-electron chi connectivity index (χ4n) is 2.33. The topological polar surface area (TPSA) is 63.8 Å². The van der Waals surface area contributed by atoms with Gasteiger partial charge >= 0.3 is 0 Å². The molecule has 4 heteroatoms. The lowest BCUT2D eigenvalue weighted by atomic mass is 10.0. The standard InChI is InChI=1S/C15H20N4/c1-9(2)13-11(4)17-14(18-15(13)19-16)12-8-6-5-7-10(12)3/h5-9H,16H2,1-4H3,(H,17,18,19). The first-order valence-corrected chi connectivity index (χ1v) is 6.45. The van der Waals surface area contributed by atoms with E-state index in [4.69, 9.17) is 5.84 Å². The molecule has 19 heavy (non-hydrogen) atoms. The molecule has 0 aliphatic rings. The monoisotopic (exact) mass is 256 g/mol. The minimum Gasteiger partial charge on any atom is -0.308 e. The normalized spacial score (nSPS) is 10.8. The molecule has 0 aliphatic heterocycles. The molecule has 1 aromatic heterocycles. The largest absolute Gasteiger partial charge is 0.308 e. The number of hydrogen-bond acceptors (Lipinski definition) is 4. The van der Waals surface area contributed by atoms with Crippen LogP contribution in [0.1, 0.15) is 36.6 Å². The van der Waals surface area contributed by atoms with Crippen molar-refractivity contribution in [1.29, 1.82) is 0 Å². The highest BCUT2D eigenvalue weighted by Gasteiger charge is 2.15. The number of benzene rings is 1. The van der Waals surface area contributed by atoms with Crippen LogP contribution in [0.5, 0.6) is 0 Å². The fraction of sp³-hybridized carbons (Fsp3) is 0.333. The number of nitrogens with one attached hydrogen (secondary N) is 1. The summed E-state index contributed by atoms with van der Waals surface area (Å²) in [6, 6.07) is 8.09. The predicted molar refractivity (Wildman–Crippen MR) is 78.8 cm³/mol. The molecule has 4 nitrogen and oxygen atoms in total. The number of nitrogens with zero attached hydrogens (tertiary/aromatic N) is 2. The summed E-state index contributed by atoms with van der Waals surface area (Å²) in [5, 5.41) is 0. The summed E-state index contributed by atoms with van der Waals surface area (Å²) in [7, 11) is 0. The lowest BCUT2D eigenvalue weighted by molar-refractivity contribution is 0.831. The Labute approximate surface area is 114 Å². The van der Waals surface area contributed by atoms with Crippen molar-refractivity contribution >= 4 is 5.82 Å². The van der Waals surface area contributed by atoms with Crippen LogP contribution in [0.4, 0.5) is 5.82 Å². The molecule has 0 fully saturated rings. The van der Waals surface area contributed by atoms with Gasteiger partial charge in [-0.3, -0.25) is 0 Å². The van der Waals surface area contributed by atoms with Crippen LogP contribution in [0.2, 0.25) is 0 Å². The van der Waals surface area contributed by atoms with Crippen LogP contribution < -0.4 is 11.3 Å². The quantitative estimate of drug-likeness (QED) is 0.654. The van der Waals surface area contributed by atoms with Crippen molar-refractivity contribution in [2.45, 2.75) is 33.6 Å². The Hall–Kier alpha value is -1.94. The van der Waals surface area contributed by atoms with E-state index in [1.54, 1.807) is 0 Å². The van der Waals surface area contributed by atoms with E-state index >= 15 is 0 Å². The van der Waals surface area contributed by atoms with Gasteiger partial charge < -0.3 is 5.43 Å². The van der Waals surface area contributed by atoms with Gasteiger partial charge in [0.2, 0.25) is 0 Å². The molecule has 0 radical (unpaired) electrons. The Morgan fingerprint density at radius 2 is 1.79 bits per heavy atom. The van der Waals surface area contributed by atoms with Crippen LogP contribution >= 0.6 is 0 Å². The molecule has 1 heterocycles. The van der Waals surface area contributed by atoms with Gasteiger partial charge in [-0.2, -0.15) is 0 Å². The van der Waals surface area contributed by atoms with Crippen molar-refractivity contribution < 1.29 is 0 Å². The number of nitrogen functional groups attached to an aromatic ring is 1. The second kappa shape index (κ2) is 5.36. The third-order valence-electron chi connectivity index (χ3n) is 3.24. The first-order valence-electron chi connectivity index (χ1n) is 6.45. The smallest absolute Gasteiger partial charge is 0.162 e. The van der Waals surface area contributed by atoms with Gasteiger partial charge in [-0.15, -0.1) is 0 Å². The van der Waals surface area contributed by atoms with E-state index < -0.39 is 0 Å². The number of hydrogen-bond donors (Lipinski definition) is 2. The lowest BCUT2D eigenvalue weighted by Crippen LogP contribution is -2.14. The highest BCUT2D eigenvalue weighted by atomic mass is 15.3. The molecule has 2 aromatic rings. The third-order valence-corrected chi connectivity index (χ3v) is 3.24. The van der Waals surface area contributed by atoms with Crippen molar-refractivity contribution in [2.75, 3.05) is 5.43 Å². The molecule has 0 spiro atoms. The second-order valence-electron chi connectivity index (χ2n) is 5.01. The summed E-state index contributed by atoms with van der Waals surface area (Å²) in [4.78, 5) is 9.18. The molecule has 2 rings (SSSR count). The van der Waals surface area contributed by atoms with Crippen molar-refractivity contribution in [3.8, 4) is 11.4 Å². The van der Waals surface area contributed by atoms with E-state index in [-0.39, 0.29) is 0 Å². The minimum atomic E-state index is 0.331. The number of anilines is 1. The predicted octanol–water partition coefficient (Wildman–Crippen LogP) is 3.17. The Balaban J connectivity index is 2.62. The first kappa shape index (κ1) is 13.5. The van der Waals surface area contributed by atoms with E-state index in [9.17, 15) is 0 Å². The number of aryl methyl sites for hydroxylation is 2. The van der Waals surface area contributed by atoms with E-state index in [2.05, 4.69) is 42.2 Å². The van der Waals surface area contributed by atoms with Crippen molar-refractivity contribution in [1.82, 2.24) is 9.97 Å². The fourth-order valence-corrected chi connectivity index (χ4v) is 2.33.